The molecule has 0 spiro atoms. The summed E-state index contributed by atoms with van der Waals surface area (Å²) in [6.07, 6.45) is 3.54. The Hall–Kier alpha value is -3.19. The van der Waals surface area contributed by atoms with Crippen LogP contribution in [0, 0.1) is 0 Å². The summed E-state index contributed by atoms with van der Waals surface area (Å²) >= 11 is 3.39. The molecule has 1 saturated carbocycles. The normalized spacial score (nSPS) is 12.9. The van der Waals surface area contributed by atoms with E-state index in [1.54, 1.807) is 36.4 Å². The molecule has 7 heteroatoms. The van der Waals surface area contributed by atoms with E-state index in [0.29, 0.717) is 34.5 Å². The van der Waals surface area contributed by atoms with Crippen molar-refractivity contribution in [2.75, 3.05) is 5.32 Å². The molecule has 2 aromatic carbocycles. The lowest BCUT2D eigenvalue weighted by Gasteiger charge is -2.08. The summed E-state index contributed by atoms with van der Waals surface area (Å²) in [4.78, 5) is 28.6. The zero-order valence-corrected chi connectivity index (χ0v) is 17.0. The third-order valence-corrected chi connectivity index (χ3v) is 4.83. The summed E-state index contributed by atoms with van der Waals surface area (Å²) in [6, 6.07) is 17.8. The Kier molecular flexibility index (Phi) is 5.57. The van der Waals surface area contributed by atoms with Crippen LogP contribution in [-0.2, 0) is 0 Å². The zero-order valence-electron chi connectivity index (χ0n) is 15.4. The monoisotopic (exact) mass is 451 g/mol. The van der Waals surface area contributed by atoms with Gasteiger partial charge < -0.3 is 15.4 Å². The predicted octanol–water partition coefficient (Wildman–Crippen LogP) is 4.78. The quantitative estimate of drug-likeness (QED) is 0.564. The Morgan fingerprint density at radius 2 is 1.72 bits per heavy atom. The maximum absolute atomic E-state index is 12.4. The average Bonchev–Trinajstić information content (AvgIpc) is 3.53. The number of hydrogen-bond acceptors (Lipinski definition) is 4. The van der Waals surface area contributed by atoms with Gasteiger partial charge in [0.1, 0.15) is 5.75 Å². The third-order valence-electron chi connectivity index (χ3n) is 4.33. The largest absolute Gasteiger partial charge is 0.439 e. The van der Waals surface area contributed by atoms with Crippen molar-refractivity contribution in [3.63, 3.8) is 0 Å². The first-order valence-corrected chi connectivity index (χ1v) is 9.98. The molecule has 1 aliphatic rings. The number of carbonyl (C=O) groups excluding carboxylic acids is 2. The molecular formula is C22H18BrN3O3. The minimum absolute atomic E-state index is 0.0874. The smallest absolute Gasteiger partial charge is 0.257 e. The highest BCUT2D eigenvalue weighted by Gasteiger charge is 2.23. The van der Waals surface area contributed by atoms with Crippen molar-refractivity contribution in [3.8, 4) is 11.6 Å². The summed E-state index contributed by atoms with van der Waals surface area (Å²) in [5.41, 5.74) is 1.58. The number of rotatable bonds is 6. The SMILES string of the molecule is O=C(Nc1ccc(C(=O)NC2CC2)cc1)c1ccc(Oc2cccc(Br)c2)nc1. The Bertz CT molecular complexity index is 1030. The lowest BCUT2D eigenvalue weighted by molar-refractivity contribution is 0.0950. The maximum Gasteiger partial charge on any atom is 0.257 e. The first-order valence-electron chi connectivity index (χ1n) is 9.18. The topological polar surface area (TPSA) is 80.3 Å². The fourth-order valence-electron chi connectivity index (χ4n) is 2.63. The molecule has 0 atom stereocenters. The minimum atomic E-state index is -0.290. The van der Waals surface area contributed by atoms with Crippen LogP contribution in [0.5, 0.6) is 11.6 Å². The van der Waals surface area contributed by atoms with Gasteiger partial charge in [-0.3, -0.25) is 9.59 Å². The van der Waals surface area contributed by atoms with Crippen LogP contribution in [0.15, 0.2) is 71.3 Å². The first kappa shape index (κ1) is 19.1. The summed E-state index contributed by atoms with van der Waals surface area (Å²) < 4.78 is 6.57. The summed E-state index contributed by atoms with van der Waals surface area (Å²) in [5.74, 6) is 0.665. The molecule has 1 fully saturated rings. The van der Waals surface area contributed by atoms with Gasteiger partial charge in [-0.1, -0.05) is 22.0 Å². The van der Waals surface area contributed by atoms with Crippen molar-refractivity contribution in [1.82, 2.24) is 10.3 Å². The van der Waals surface area contributed by atoms with Crippen molar-refractivity contribution < 1.29 is 14.3 Å². The number of halogens is 1. The Morgan fingerprint density at radius 1 is 0.966 bits per heavy atom. The van der Waals surface area contributed by atoms with E-state index in [1.165, 1.54) is 6.20 Å². The van der Waals surface area contributed by atoms with E-state index >= 15 is 0 Å². The first-order chi connectivity index (χ1) is 14.1. The third kappa shape index (κ3) is 5.20. The molecule has 2 amide bonds. The fraction of sp³-hybridized carbons (Fsp3) is 0.136. The second kappa shape index (κ2) is 8.45. The zero-order chi connectivity index (χ0) is 20.2. The maximum atomic E-state index is 12.4. The van der Waals surface area contributed by atoms with Gasteiger partial charge in [-0.2, -0.15) is 0 Å². The van der Waals surface area contributed by atoms with E-state index in [9.17, 15) is 9.59 Å². The molecule has 0 saturated heterocycles. The molecule has 1 aliphatic carbocycles. The Labute approximate surface area is 176 Å². The van der Waals surface area contributed by atoms with E-state index < -0.39 is 0 Å². The molecule has 0 radical (unpaired) electrons. The molecule has 0 unspecified atom stereocenters. The second-order valence-electron chi connectivity index (χ2n) is 6.72. The van der Waals surface area contributed by atoms with Crippen LogP contribution in [-0.4, -0.2) is 22.8 Å². The highest BCUT2D eigenvalue weighted by Crippen LogP contribution is 2.23. The molecule has 1 aromatic heterocycles. The molecule has 0 bridgehead atoms. The highest BCUT2D eigenvalue weighted by molar-refractivity contribution is 9.10. The molecule has 1 heterocycles. The van der Waals surface area contributed by atoms with Crippen LogP contribution in [0.2, 0.25) is 0 Å². The van der Waals surface area contributed by atoms with E-state index in [0.717, 1.165) is 17.3 Å². The molecule has 2 N–H and O–H groups in total. The number of amides is 2. The van der Waals surface area contributed by atoms with Crippen molar-refractivity contribution in [3.05, 3.63) is 82.5 Å². The average molecular weight is 452 g/mol. The molecule has 4 rings (SSSR count). The molecule has 6 nitrogen and oxygen atoms in total. The summed E-state index contributed by atoms with van der Waals surface area (Å²) in [7, 11) is 0. The second-order valence-corrected chi connectivity index (χ2v) is 7.64. The minimum Gasteiger partial charge on any atom is -0.439 e. The van der Waals surface area contributed by atoms with Gasteiger partial charge in [0, 0.05) is 34.0 Å². The van der Waals surface area contributed by atoms with Crippen LogP contribution in [0.25, 0.3) is 0 Å². The highest BCUT2D eigenvalue weighted by atomic mass is 79.9. The van der Waals surface area contributed by atoms with Crippen molar-refractivity contribution in [1.29, 1.82) is 0 Å². The van der Waals surface area contributed by atoms with Crippen molar-refractivity contribution in [2.24, 2.45) is 0 Å². The van der Waals surface area contributed by atoms with Gasteiger partial charge in [-0.25, -0.2) is 4.98 Å². The number of anilines is 1. The van der Waals surface area contributed by atoms with Crippen LogP contribution in [0.1, 0.15) is 33.6 Å². The van der Waals surface area contributed by atoms with E-state index in [2.05, 4.69) is 31.5 Å². The number of ether oxygens (including phenoxy) is 1. The summed E-state index contributed by atoms with van der Waals surface area (Å²) in [5, 5.41) is 5.73. The number of nitrogens with zero attached hydrogens (tertiary/aromatic N) is 1. The van der Waals surface area contributed by atoms with Gasteiger partial charge in [-0.05, 0) is 61.4 Å². The molecule has 29 heavy (non-hydrogen) atoms. The van der Waals surface area contributed by atoms with Crippen LogP contribution in [0.4, 0.5) is 5.69 Å². The Balaban J connectivity index is 1.36. The Morgan fingerprint density at radius 3 is 2.38 bits per heavy atom. The van der Waals surface area contributed by atoms with Crippen LogP contribution >= 0.6 is 15.9 Å². The lowest BCUT2D eigenvalue weighted by Crippen LogP contribution is -2.25. The van der Waals surface area contributed by atoms with E-state index in [-0.39, 0.29) is 11.8 Å². The number of nitrogens with one attached hydrogen (secondary N) is 2. The van der Waals surface area contributed by atoms with Gasteiger partial charge in [0.15, 0.2) is 0 Å². The predicted molar refractivity (Wildman–Crippen MR) is 113 cm³/mol. The lowest BCUT2D eigenvalue weighted by atomic mass is 10.2. The fourth-order valence-corrected chi connectivity index (χ4v) is 3.01. The van der Waals surface area contributed by atoms with Crippen LogP contribution < -0.4 is 15.4 Å². The van der Waals surface area contributed by atoms with Gasteiger partial charge in [0.25, 0.3) is 11.8 Å². The van der Waals surface area contributed by atoms with Gasteiger partial charge in [0.2, 0.25) is 5.88 Å². The van der Waals surface area contributed by atoms with Gasteiger partial charge in [0.05, 0.1) is 5.56 Å². The standard InChI is InChI=1S/C22H18BrN3O3/c23-16-2-1-3-19(12-16)29-20-11-6-15(13-24-20)22(28)26-17-7-4-14(5-8-17)21(27)25-18-9-10-18/h1-8,11-13,18H,9-10H2,(H,25,27)(H,26,28). The van der Waals surface area contributed by atoms with Crippen LogP contribution in [0.3, 0.4) is 0 Å². The molecular weight excluding hydrogens is 434 g/mol. The number of carbonyl (C=O) groups is 2. The van der Waals surface area contributed by atoms with Crippen molar-refractivity contribution >= 4 is 33.4 Å². The van der Waals surface area contributed by atoms with E-state index in [1.807, 2.05) is 24.3 Å². The number of aromatic nitrogens is 1. The van der Waals surface area contributed by atoms with Gasteiger partial charge >= 0.3 is 0 Å². The number of pyridine rings is 1. The van der Waals surface area contributed by atoms with Crippen molar-refractivity contribution in [2.45, 2.75) is 18.9 Å². The molecule has 146 valence electrons. The number of benzene rings is 2. The molecule has 3 aromatic rings. The molecule has 0 aliphatic heterocycles. The number of hydrogen-bond donors (Lipinski definition) is 2. The van der Waals surface area contributed by atoms with E-state index in [4.69, 9.17) is 4.74 Å². The summed E-state index contributed by atoms with van der Waals surface area (Å²) in [6.45, 7) is 0. The van der Waals surface area contributed by atoms with Gasteiger partial charge in [-0.15, -0.1) is 0 Å².